The molecule has 23 heavy (non-hydrogen) atoms. The maximum atomic E-state index is 10.6. The topological polar surface area (TPSA) is 50.9 Å². The van der Waals surface area contributed by atoms with Crippen LogP contribution in [0.5, 0.6) is 5.75 Å². The van der Waals surface area contributed by atoms with Crippen molar-refractivity contribution in [2.45, 2.75) is 6.42 Å². The van der Waals surface area contributed by atoms with E-state index in [4.69, 9.17) is 0 Å². The average Bonchev–Trinajstić information content (AvgIpc) is 3.01. The largest absolute Gasteiger partial charge is 0.505 e. The van der Waals surface area contributed by atoms with Gasteiger partial charge in [0.1, 0.15) is 22.5 Å². The zero-order chi connectivity index (χ0) is 15.6. The lowest BCUT2D eigenvalue weighted by atomic mass is 10.0. The van der Waals surface area contributed by atoms with Crippen LogP contribution in [0.15, 0.2) is 72.8 Å². The third-order valence-corrected chi connectivity index (χ3v) is 3.84. The standard InChI is InChI=1S/C19H15N3O/c23-19-15(13-14-7-2-1-3-8-14)9-6-12-18(19)22-20-16-10-4-5-11-17(16)21-22/h1-12,23H,13H2. The van der Waals surface area contributed by atoms with Gasteiger partial charge in [0, 0.05) is 12.0 Å². The van der Waals surface area contributed by atoms with Crippen LogP contribution in [0, 0.1) is 0 Å². The lowest BCUT2D eigenvalue weighted by Gasteiger charge is -2.09. The molecular formula is C19H15N3O. The normalized spacial score (nSPS) is 11.0. The molecule has 0 aliphatic heterocycles. The van der Waals surface area contributed by atoms with Crippen LogP contribution in [-0.4, -0.2) is 20.1 Å². The van der Waals surface area contributed by atoms with Crippen molar-refractivity contribution < 1.29 is 5.11 Å². The van der Waals surface area contributed by atoms with Crippen molar-refractivity contribution in [1.29, 1.82) is 0 Å². The van der Waals surface area contributed by atoms with Gasteiger partial charge in [0.05, 0.1) is 0 Å². The lowest BCUT2D eigenvalue weighted by Crippen LogP contribution is -2.01. The third kappa shape index (κ3) is 2.55. The molecule has 1 heterocycles. The fourth-order valence-corrected chi connectivity index (χ4v) is 2.67. The summed E-state index contributed by atoms with van der Waals surface area (Å²) in [5.41, 5.74) is 4.21. The maximum Gasteiger partial charge on any atom is 0.146 e. The molecule has 0 unspecified atom stereocenters. The Labute approximate surface area is 133 Å². The van der Waals surface area contributed by atoms with Gasteiger partial charge >= 0.3 is 0 Å². The fraction of sp³-hybridized carbons (Fsp3) is 0.0526. The Bertz CT molecular complexity index is 928. The van der Waals surface area contributed by atoms with Crippen molar-refractivity contribution in [3.63, 3.8) is 0 Å². The molecule has 1 N–H and O–H groups in total. The van der Waals surface area contributed by atoms with Crippen molar-refractivity contribution in [3.05, 3.63) is 83.9 Å². The molecule has 0 radical (unpaired) electrons. The number of phenols is 1. The van der Waals surface area contributed by atoms with Gasteiger partial charge in [-0.2, -0.15) is 0 Å². The summed E-state index contributed by atoms with van der Waals surface area (Å²) in [6, 6.07) is 23.4. The number of phenolic OH excluding ortho intramolecular Hbond substituents is 1. The van der Waals surface area contributed by atoms with E-state index in [1.54, 1.807) is 0 Å². The number of fused-ring (bicyclic) bond motifs is 1. The molecule has 4 nitrogen and oxygen atoms in total. The number of aromatic hydroxyl groups is 1. The number of nitrogens with zero attached hydrogens (tertiary/aromatic N) is 3. The van der Waals surface area contributed by atoms with Crippen LogP contribution >= 0.6 is 0 Å². The second-order valence-electron chi connectivity index (χ2n) is 5.43. The maximum absolute atomic E-state index is 10.6. The van der Waals surface area contributed by atoms with Crippen LogP contribution in [0.4, 0.5) is 0 Å². The summed E-state index contributed by atoms with van der Waals surface area (Å²) in [6.45, 7) is 0. The van der Waals surface area contributed by atoms with Crippen LogP contribution in [-0.2, 0) is 6.42 Å². The van der Waals surface area contributed by atoms with Gasteiger partial charge in [0.15, 0.2) is 0 Å². The molecule has 3 aromatic carbocycles. The predicted molar refractivity (Wildman–Crippen MR) is 89.8 cm³/mol. The van der Waals surface area contributed by atoms with Crippen molar-refractivity contribution >= 4 is 11.0 Å². The highest BCUT2D eigenvalue weighted by atomic mass is 16.3. The van der Waals surface area contributed by atoms with E-state index in [2.05, 4.69) is 10.2 Å². The minimum absolute atomic E-state index is 0.219. The van der Waals surface area contributed by atoms with Gasteiger partial charge in [-0.15, -0.1) is 15.0 Å². The Hall–Kier alpha value is -3.14. The molecule has 0 atom stereocenters. The number of hydrogen-bond donors (Lipinski definition) is 1. The summed E-state index contributed by atoms with van der Waals surface area (Å²) >= 11 is 0. The molecule has 0 saturated heterocycles. The number of hydrogen-bond acceptors (Lipinski definition) is 3. The quantitative estimate of drug-likeness (QED) is 0.627. The number of rotatable bonds is 3. The molecule has 4 aromatic rings. The smallest absolute Gasteiger partial charge is 0.146 e. The zero-order valence-corrected chi connectivity index (χ0v) is 12.4. The van der Waals surface area contributed by atoms with Gasteiger partial charge in [0.2, 0.25) is 0 Å². The van der Waals surface area contributed by atoms with Gasteiger partial charge < -0.3 is 5.11 Å². The molecule has 4 rings (SSSR count). The van der Waals surface area contributed by atoms with Crippen molar-refractivity contribution in [3.8, 4) is 11.4 Å². The molecule has 112 valence electrons. The van der Waals surface area contributed by atoms with E-state index in [9.17, 15) is 5.11 Å². The Morgan fingerprint density at radius 2 is 1.39 bits per heavy atom. The van der Waals surface area contributed by atoms with Gasteiger partial charge in [-0.05, 0) is 23.8 Å². The van der Waals surface area contributed by atoms with E-state index in [1.165, 1.54) is 4.80 Å². The summed E-state index contributed by atoms with van der Waals surface area (Å²) in [5, 5.41) is 19.5. The van der Waals surface area contributed by atoms with Gasteiger partial charge in [0.25, 0.3) is 0 Å². The van der Waals surface area contributed by atoms with Crippen LogP contribution in [0.3, 0.4) is 0 Å². The van der Waals surface area contributed by atoms with Crippen LogP contribution < -0.4 is 0 Å². The minimum Gasteiger partial charge on any atom is -0.505 e. The molecule has 0 bridgehead atoms. The molecule has 1 aromatic heterocycles. The molecule has 0 fully saturated rings. The Morgan fingerprint density at radius 1 is 0.739 bits per heavy atom. The Morgan fingerprint density at radius 3 is 2.09 bits per heavy atom. The van der Waals surface area contributed by atoms with Crippen LogP contribution in [0.1, 0.15) is 11.1 Å². The number of aromatic nitrogens is 3. The third-order valence-electron chi connectivity index (χ3n) is 3.84. The first kappa shape index (κ1) is 13.5. The van der Waals surface area contributed by atoms with E-state index in [-0.39, 0.29) is 5.75 Å². The molecule has 0 saturated carbocycles. The molecule has 4 heteroatoms. The molecule has 0 amide bonds. The highest BCUT2D eigenvalue weighted by Crippen LogP contribution is 2.27. The fourth-order valence-electron chi connectivity index (χ4n) is 2.67. The average molecular weight is 301 g/mol. The molecule has 0 spiro atoms. The van der Waals surface area contributed by atoms with Crippen molar-refractivity contribution in [2.75, 3.05) is 0 Å². The van der Waals surface area contributed by atoms with Crippen molar-refractivity contribution in [2.24, 2.45) is 0 Å². The SMILES string of the molecule is Oc1c(Cc2ccccc2)cccc1-n1nc2ccccc2n1. The van der Waals surface area contributed by atoms with Gasteiger partial charge in [-0.1, -0.05) is 54.6 Å². The van der Waals surface area contributed by atoms with Crippen molar-refractivity contribution in [1.82, 2.24) is 15.0 Å². The highest BCUT2D eigenvalue weighted by Gasteiger charge is 2.12. The second kappa shape index (κ2) is 5.57. The van der Waals surface area contributed by atoms with Gasteiger partial charge in [-0.25, -0.2) is 0 Å². The van der Waals surface area contributed by atoms with E-state index in [1.807, 2.05) is 72.8 Å². The predicted octanol–water partition coefficient (Wildman–Crippen LogP) is 3.72. The summed E-state index contributed by atoms with van der Waals surface area (Å²) in [6.07, 6.45) is 0.668. The molecule has 0 aliphatic rings. The minimum atomic E-state index is 0.219. The van der Waals surface area contributed by atoms with E-state index >= 15 is 0 Å². The highest BCUT2D eigenvalue weighted by molar-refractivity contribution is 5.73. The number of para-hydroxylation sites is 1. The van der Waals surface area contributed by atoms with E-state index in [0.29, 0.717) is 12.1 Å². The lowest BCUT2D eigenvalue weighted by molar-refractivity contribution is 0.462. The van der Waals surface area contributed by atoms with Crippen LogP contribution in [0.25, 0.3) is 16.7 Å². The summed E-state index contributed by atoms with van der Waals surface area (Å²) in [4.78, 5) is 1.49. The molecule has 0 aliphatic carbocycles. The monoisotopic (exact) mass is 301 g/mol. The first-order valence-electron chi connectivity index (χ1n) is 7.48. The molecular weight excluding hydrogens is 286 g/mol. The summed E-state index contributed by atoms with van der Waals surface area (Å²) in [5.74, 6) is 0.219. The Balaban J connectivity index is 1.76. The van der Waals surface area contributed by atoms with Crippen LogP contribution in [0.2, 0.25) is 0 Å². The number of benzene rings is 3. The second-order valence-corrected chi connectivity index (χ2v) is 5.43. The van der Waals surface area contributed by atoms with E-state index in [0.717, 1.165) is 22.2 Å². The zero-order valence-electron chi connectivity index (χ0n) is 12.4. The van der Waals surface area contributed by atoms with Gasteiger partial charge in [-0.3, -0.25) is 0 Å². The first-order chi connectivity index (χ1) is 11.3. The van der Waals surface area contributed by atoms with E-state index < -0.39 is 0 Å². The summed E-state index contributed by atoms with van der Waals surface area (Å²) < 4.78 is 0. The Kier molecular flexibility index (Phi) is 3.27. The summed E-state index contributed by atoms with van der Waals surface area (Å²) in [7, 11) is 0. The first-order valence-corrected chi connectivity index (χ1v) is 7.48.